The van der Waals surface area contributed by atoms with Gasteiger partial charge in [-0.05, 0) is 39.0 Å². The molecule has 3 heterocycles. The van der Waals surface area contributed by atoms with Crippen molar-refractivity contribution in [1.82, 2.24) is 9.55 Å². The van der Waals surface area contributed by atoms with Crippen LogP contribution in [0.2, 0.25) is 0 Å². The molecule has 0 amide bonds. The fourth-order valence-electron chi connectivity index (χ4n) is 2.67. The second-order valence-electron chi connectivity index (χ2n) is 5.75. The second kappa shape index (κ2) is 5.65. The third-order valence-corrected chi connectivity index (χ3v) is 5.03. The van der Waals surface area contributed by atoms with Crippen molar-refractivity contribution in [2.45, 2.75) is 27.3 Å². The summed E-state index contributed by atoms with van der Waals surface area (Å²) in [5.74, 6) is 0.970. The molecular formula is C17H21N3OS. The monoisotopic (exact) mass is 315 g/mol. The molecule has 3 aromatic rings. The highest BCUT2D eigenvalue weighted by molar-refractivity contribution is 7.16. The number of anilines is 1. The summed E-state index contributed by atoms with van der Waals surface area (Å²) in [4.78, 5) is 8.11. The van der Waals surface area contributed by atoms with Crippen molar-refractivity contribution in [3.63, 3.8) is 0 Å². The summed E-state index contributed by atoms with van der Waals surface area (Å²) in [6.45, 7) is 7.18. The van der Waals surface area contributed by atoms with Crippen LogP contribution in [-0.2, 0) is 6.54 Å². The fraction of sp³-hybridized carbons (Fsp3) is 0.353. The van der Waals surface area contributed by atoms with E-state index in [-0.39, 0.29) is 0 Å². The van der Waals surface area contributed by atoms with E-state index in [0.29, 0.717) is 0 Å². The Kier molecular flexibility index (Phi) is 3.83. The molecule has 5 heteroatoms. The normalized spacial score (nSPS) is 11.1. The maximum Gasteiger partial charge on any atom is 0.185 e. The zero-order chi connectivity index (χ0) is 15.9. The molecule has 4 nitrogen and oxygen atoms in total. The van der Waals surface area contributed by atoms with Gasteiger partial charge in [0.2, 0.25) is 0 Å². The lowest BCUT2D eigenvalue weighted by atomic mass is 10.1. The van der Waals surface area contributed by atoms with Crippen molar-refractivity contribution in [2.24, 2.45) is 0 Å². The van der Waals surface area contributed by atoms with Crippen molar-refractivity contribution in [2.75, 3.05) is 19.0 Å². The molecule has 0 fully saturated rings. The number of thiazole rings is 1. The number of aromatic nitrogens is 2. The summed E-state index contributed by atoms with van der Waals surface area (Å²) < 4.78 is 7.76. The van der Waals surface area contributed by atoms with E-state index in [1.165, 1.54) is 21.8 Å². The Morgan fingerprint density at radius 3 is 2.64 bits per heavy atom. The number of hydrogen-bond acceptors (Lipinski definition) is 4. The Morgan fingerprint density at radius 1 is 1.27 bits per heavy atom. The van der Waals surface area contributed by atoms with Gasteiger partial charge < -0.3 is 13.9 Å². The maximum absolute atomic E-state index is 5.48. The Morgan fingerprint density at radius 2 is 2.05 bits per heavy atom. The first-order valence-electron chi connectivity index (χ1n) is 7.31. The van der Waals surface area contributed by atoms with Gasteiger partial charge in [-0.3, -0.25) is 0 Å². The summed E-state index contributed by atoms with van der Waals surface area (Å²) in [5.41, 5.74) is 4.76. The van der Waals surface area contributed by atoms with Crippen LogP contribution in [0.25, 0.3) is 11.3 Å². The van der Waals surface area contributed by atoms with Gasteiger partial charge in [0.25, 0.3) is 0 Å². The number of rotatable bonds is 4. The number of furan rings is 1. The van der Waals surface area contributed by atoms with Crippen molar-refractivity contribution in [3.8, 4) is 11.3 Å². The van der Waals surface area contributed by atoms with Crippen LogP contribution in [-0.4, -0.2) is 23.6 Å². The zero-order valence-electron chi connectivity index (χ0n) is 13.7. The van der Waals surface area contributed by atoms with E-state index in [1.54, 1.807) is 17.6 Å². The lowest BCUT2D eigenvalue weighted by molar-refractivity contribution is 0.489. The molecule has 0 saturated carbocycles. The Bertz CT molecular complexity index is 781. The molecule has 3 aromatic heterocycles. The molecule has 0 radical (unpaired) electrons. The van der Waals surface area contributed by atoms with Crippen LogP contribution in [0.4, 0.5) is 5.13 Å². The van der Waals surface area contributed by atoms with Crippen LogP contribution >= 0.6 is 11.3 Å². The van der Waals surface area contributed by atoms with E-state index in [2.05, 4.69) is 36.3 Å². The molecule has 0 aliphatic carbocycles. The molecule has 0 N–H and O–H groups in total. The lowest BCUT2D eigenvalue weighted by Crippen LogP contribution is -2.07. The van der Waals surface area contributed by atoms with Gasteiger partial charge in [0.05, 0.1) is 18.5 Å². The molecule has 22 heavy (non-hydrogen) atoms. The molecule has 0 unspecified atom stereocenters. The quantitative estimate of drug-likeness (QED) is 0.722. The SMILES string of the molecule is Cc1sc(N(C)C)nc1-c1cc(C)n(Cc2ccco2)c1C. The zero-order valence-corrected chi connectivity index (χ0v) is 14.5. The van der Waals surface area contributed by atoms with E-state index >= 15 is 0 Å². The maximum atomic E-state index is 5.48. The summed E-state index contributed by atoms with van der Waals surface area (Å²) >= 11 is 1.73. The van der Waals surface area contributed by atoms with Crippen LogP contribution < -0.4 is 4.90 Å². The first-order chi connectivity index (χ1) is 10.5. The minimum atomic E-state index is 0.758. The molecule has 0 bridgehead atoms. The molecule has 0 saturated heterocycles. The van der Waals surface area contributed by atoms with E-state index in [9.17, 15) is 0 Å². The van der Waals surface area contributed by atoms with Gasteiger partial charge in [-0.1, -0.05) is 0 Å². The molecule has 3 rings (SSSR count). The minimum absolute atomic E-state index is 0.758. The largest absolute Gasteiger partial charge is 0.467 e. The first-order valence-corrected chi connectivity index (χ1v) is 8.13. The van der Waals surface area contributed by atoms with Gasteiger partial charge in [-0.15, -0.1) is 11.3 Å². The topological polar surface area (TPSA) is 34.2 Å². The molecule has 0 aromatic carbocycles. The Balaban J connectivity index is 2.02. The third-order valence-electron chi connectivity index (χ3n) is 3.89. The summed E-state index contributed by atoms with van der Waals surface area (Å²) in [7, 11) is 4.06. The van der Waals surface area contributed by atoms with Crippen molar-refractivity contribution in [3.05, 3.63) is 46.5 Å². The van der Waals surface area contributed by atoms with Crippen molar-refractivity contribution < 1.29 is 4.42 Å². The fourth-order valence-corrected chi connectivity index (χ4v) is 3.51. The molecule has 0 aliphatic rings. The van der Waals surface area contributed by atoms with Crippen LogP contribution in [0.3, 0.4) is 0 Å². The minimum Gasteiger partial charge on any atom is -0.467 e. The smallest absolute Gasteiger partial charge is 0.185 e. The van der Waals surface area contributed by atoms with Crippen molar-refractivity contribution >= 4 is 16.5 Å². The number of aryl methyl sites for hydroxylation is 2. The van der Waals surface area contributed by atoms with Gasteiger partial charge in [0, 0.05) is 35.9 Å². The Labute approximate surface area is 135 Å². The lowest BCUT2D eigenvalue weighted by Gasteiger charge is -2.08. The van der Waals surface area contributed by atoms with Gasteiger partial charge in [0.15, 0.2) is 5.13 Å². The van der Waals surface area contributed by atoms with Gasteiger partial charge in [-0.2, -0.15) is 0 Å². The van der Waals surface area contributed by atoms with Crippen LogP contribution in [0.1, 0.15) is 22.0 Å². The van der Waals surface area contributed by atoms with E-state index < -0.39 is 0 Å². The Hall–Kier alpha value is -2.01. The number of nitrogens with zero attached hydrogens (tertiary/aromatic N) is 3. The van der Waals surface area contributed by atoms with Crippen LogP contribution in [0.5, 0.6) is 0 Å². The van der Waals surface area contributed by atoms with Gasteiger partial charge in [0.1, 0.15) is 5.76 Å². The highest BCUT2D eigenvalue weighted by Crippen LogP contribution is 2.35. The summed E-state index contributed by atoms with van der Waals surface area (Å²) in [6.07, 6.45) is 1.72. The number of hydrogen-bond donors (Lipinski definition) is 0. The van der Waals surface area contributed by atoms with Gasteiger partial charge in [-0.25, -0.2) is 4.98 Å². The predicted molar refractivity (Wildman–Crippen MR) is 91.9 cm³/mol. The van der Waals surface area contributed by atoms with Crippen LogP contribution in [0, 0.1) is 20.8 Å². The second-order valence-corrected chi connectivity index (χ2v) is 6.93. The summed E-state index contributed by atoms with van der Waals surface area (Å²) in [5, 5.41) is 1.04. The molecule has 0 spiro atoms. The average molecular weight is 315 g/mol. The van der Waals surface area contributed by atoms with Crippen LogP contribution in [0.15, 0.2) is 28.9 Å². The molecule has 0 atom stereocenters. The molecule has 0 aliphatic heterocycles. The standard InChI is InChI=1S/C17H21N3OS/c1-11-9-15(16-13(3)22-17(18-16)19(4)5)12(2)20(11)10-14-7-6-8-21-14/h6-9H,10H2,1-5H3. The van der Waals surface area contributed by atoms with E-state index in [0.717, 1.165) is 23.1 Å². The molecular weight excluding hydrogens is 294 g/mol. The highest BCUT2D eigenvalue weighted by atomic mass is 32.1. The summed E-state index contributed by atoms with van der Waals surface area (Å²) in [6, 6.07) is 6.16. The van der Waals surface area contributed by atoms with E-state index in [1.807, 2.05) is 26.2 Å². The first kappa shape index (κ1) is 14.9. The molecule has 116 valence electrons. The highest BCUT2D eigenvalue weighted by Gasteiger charge is 2.17. The van der Waals surface area contributed by atoms with E-state index in [4.69, 9.17) is 9.40 Å². The average Bonchev–Trinajstić information content (AvgIpc) is 3.15. The third kappa shape index (κ3) is 2.57. The van der Waals surface area contributed by atoms with Crippen molar-refractivity contribution in [1.29, 1.82) is 0 Å². The van der Waals surface area contributed by atoms with Gasteiger partial charge >= 0.3 is 0 Å². The predicted octanol–water partition coefficient (Wildman–Crippen LogP) is 4.24.